The van der Waals surface area contributed by atoms with E-state index in [9.17, 15) is 4.79 Å². The summed E-state index contributed by atoms with van der Waals surface area (Å²) in [4.78, 5) is 14.6. The molecule has 2 amide bonds. The van der Waals surface area contributed by atoms with Gasteiger partial charge in [0.1, 0.15) is 0 Å². The molecule has 0 spiro atoms. The van der Waals surface area contributed by atoms with Crippen LogP contribution in [-0.2, 0) is 13.6 Å². The first kappa shape index (κ1) is 16.5. The molecule has 1 aromatic carbocycles. The third-order valence-electron chi connectivity index (χ3n) is 4.61. The highest BCUT2D eigenvalue weighted by molar-refractivity contribution is 5.88. The number of urea groups is 1. The lowest BCUT2D eigenvalue weighted by atomic mass is 10.1. The van der Waals surface area contributed by atoms with Crippen LogP contribution in [0.3, 0.4) is 0 Å². The predicted octanol–water partition coefficient (Wildman–Crippen LogP) is 2.37. The van der Waals surface area contributed by atoms with Crippen LogP contribution >= 0.6 is 0 Å². The molecule has 0 aliphatic carbocycles. The monoisotopic (exact) mass is 327 g/mol. The fourth-order valence-electron chi connectivity index (χ4n) is 3.17. The van der Waals surface area contributed by atoms with Crippen molar-refractivity contribution < 1.29 is 4.79 Å². The van der Waals surface area contributed by atoms with Crippen molar-refractivity contribution in [2.75, 3.05) is 18.4 Å². The molecule has 2 heterocycles. The van der Waals surface area contributed by atoms with Crippen LogP contribution in [-0.4, -0.2) is 39.8 Å². The molecule has 1 saturated heterocycles. The van der Waals surface area contributed by atoms with Crippen LogP contribution in [0, 0.1) is 12.8 Å². The van der Waals surface area contributed by atoms with Crippen molar-refractivity contribution >= 4 is 11.8 Å². The average Bonchev–Trinajstić information content (AvgIpc) is 3.02. The van der Waals surface area contributed by atoms with E-state index in [4.69, 9.17) is 0 Å². The molecule has 0 bridgehead atoms. The van der Waals surface area contributed by atoms with Gasteiger partial charge in [-0.3, -0.25) is 14.9 Å². The molecule has 0 saturated carbocycles. The molecule has 0 radical (unpaired) electrons. The molecule has 24 heavy (non-hydrogen) atoms. The number of carbonyl (C=O) groups is 1. The zero-order chi connectivity index (χ0) is 17.1. The van der Waals surface area contributed by atoms with Gasteiger partial charge < -0.3 is 5.32 Å². The Morgan fingerprint density at radius 3 is 2.71 bits per heavy atom. The van der Waals surface area contributed by atoms with E-state index in [1.807, 2.05) is 26.1 Å². The van der Waals surface area contributed by atoms with Crippen molar-refractivity contribution in [3.63, 3.8) is 0 Å². The van der Waals surface area contributed by atoms with Crippen molar-refractivity contribution in [1.29, 1.82) is 0 Å². The Labute approximate surface area is 142 Å². The molecule has 2 N–H and O–H groups in total. The normalized spacial score (nSPS) is 21.0. The second-order valence-corrected chi connectivity index (χ2v) is 6.66. The van der Waals surface area contributed by atoms with E-state index < -0.39 is 0 Å². The maximum Gasteiger partial charge on any atom is 0.320 e. The lowest BCUT2D eigenvalue weighted by Crippen LogP contribution is -2.42. The van der Waals surface area contributed by atoms with E-state index in [-0.39, 0.29) is 12.1 Å². The average molecular weight is 327 g/mol. The van der Waals surface area contributed by atoms with Gasteiger partial charge in [-0.25, -0.2) is 4.79 Å². The van der Waals surface area contributed by atoms with Crippen molar-refractivity contribution in [3.05, 3.63) is 47.7 Å². The summed E-state index contributed by atoms with van der Waals surface area (Å²) in [5.41, 5.74) is 2.31. The number of hydrogen-bond acceptors (Lipinski definition) is 3. The number of nitrogens with zero attached hydrogens (tertiary/aromatic N) is 3. The Balaban J connectivity index is 1.52. The van der Waals surface area contributed by atoms with Gasteiger partial charge in [-0.1, -0.05) is 37.3 Å². The van der Waals surface area contributed by atoms with Gasteiger partial charge in [0.05, 0.1) is 0 Å². The topological polar surface area (TPSA) is 62.2 Å². The summed E-state index contributed by atoms with van der Waals surface area (Å²) < 4.78 is 1.75. The van der Waals surface area contributed by atoms with Crippen molar-refractivity contribution in [2.45, 2.75) is 26.4 Å². The standard InChI is InChI=1S/C18H25N5O/c1-13-10-23(11-15-7-5-4-6-8-15)12-16(13)19-18(24)20-17-9-14(2)22(3)21-17/h4-9,13,16H,10-12H2,1-3H3,(H2,19,20,21,24)/t13-,16-/m1/s1. The minimum atomic E-state index is -0.188. The van der Waals surface area contributed by atoms with E-state index in [0.29, 0.717) is 11.7 Å². The molecule has 1 aliphatic heterocycles. The van der Waals surface area contributed by atoms with Gasteiger partial charge in [-0.2, -0.15) is 5.10 Å². The summed E-state index contributed by atoms with van der Waals surface area (Å²) in [6, 6.07) is 12.3. The van der Waals surface area contributed by atoms with E-state index in [1.165, 1.54) is 5.56 Å². The molecule has 6 nitrogen and oxygen atoms in total. The first-order chi connectivity index (χ1) is 11.5. The number of anilines is 1. The number of benzene rings is 1. The van der Waals surface area contributed by atoms with E-state index >= 15 is 0 Å². The van der Waals surface area contributed by atoms with E-state index in [1.54, 1.807) is 4.68 Å². The Bertz CT molecular complexity index is 677. The lowest BCUT2D eigenvalue weighted by molar-refractivity contribution is 0.246. The van der Waals surface area contributed by atoms with Gasteiger partial charge in [-0.15, -0.1) is 0 Å². The van der Waals surface area contributed by atoms with Crippen LogP contribution in [0.1, 0.15) is 18.2 Å². The Morgan fingerprint density at radius 1 is 1.29 bits per heavy atom. The van der Waals surface area contributed by atoms with Crippen LogP contribution in [0.5, 0.6) is 0 Å². The maximum atomic E-state index is 12.2. The van der Waals surface area contributed by atoms with Crippen LogP contribution in [0.2, 0.25) is 0 Å². The zero-order valence-corrected chi connectivity index (χ0v) is 14.5. The molecule has 0 unspecified atom stereocenters. The van der Waals surface area contributed by atoms with Crippen LogP contribution in [0.15, 0.2) is 36.4 Å². The zero-order valence-electron chi connectivity index (χ0n) is 14.5. The second-order valence-electron chi connectivity index (χ2n) is 6.66. The third-order valence-corrected chi connectivity index (χ3v) is 4.61. The largest absolute Gasteiger partial charge is 0.333 e. The fourth-order valence-corrected chi connectivity index (χ4v) is 3.17. The maximum absolute atomic E-state index is 12.2. The highest BCUT2D eigenvalue weighted by Gasteiger charge is 2.30. The Hall–Kier alpha value is -2.34. The van der Waals surface area contributed by atoms with Gasteiger partial charge in [-0.05, 0) is 18.4 Å². The summed E-state index contributed by atoms with van der Waals surface area (Å²) in [6.07, 6.45) is 0. The number of aromatic nitrogens is 2. The third kappa shape index (κ3) is 3.94. The Kier molecular flexibility index (Phi) is 4.85. The number of likely N-dealkylation sites (tertiary alicyclic amines) is 1. The number of rotatable bonds is 4. The number of nitrogens with one attached hydrogen (secondary N) is 2. The molecular formula is C18H25N5O. The number of aryl methyl sites for hydroxylation is 2. The molecule has 2 aromatic rings. The van der Waals surface area contributed by atoms with Crippen molar-refractivity contribution in [2.24, 2.45) is 13.0 Å². The van der Waals surface area contributed by atoms with E-state index in [0.717, 1.165) is 25.3 Å². The highest BCUT2D eigenvalue weighted by atomic mass is 16.2. The highest BCUT2D eigenvalue weighted by Crippen LogP contribution is 2.19. The fraction of sp³-hybridized carbons (Fsp3) is 0.444. The molecule has 1 fully saturated rings. The van der Waals surface area contributed by atoms with Gasteiger partial charge >= 0.3 is 6.03 Å². The lowest BCUT2D eigenvalue weighted by Gasteiger charge is -2.17. The first-order valence-electron chi connectivity index (χ1n) is 8.35. The summed E-state index contributed by atoms with van der Waals surface area (Å²) in [7, 11) is 1.86. The number of carbonyl (C=O) groups excluding carboxylic acids is 1. The minimum absolute atomic E-state index is 0.151. The smallest absolute Gasteiger partial charge is 0.320 e. The molecule has 3 rings (SSSR count). The second kappa shape index (κ2) is 7.05. The van der Waals surface area contributed by atoms with Crippen LogP contribution < -0.4 is 10.6 Å². The Morgan fingerprint density at radius 2 is 2.04 bits per heavy atom. The van der Waals surface area contributed by atoms with Crippen molar-refractivity contribution in [3.8, 4) is 0 Å². The summed E-state index contributed by atoms with van der Waals surface area (Å²) in [5, 5.41) is 10.1. The SMILES string of the molecule is Cc1cc(NC(=O)N[C@@H]2CN(Cc3ccccc3)C[C@H]2C)nn1C. The number of amides is 2. The quantitative estimate of drug-likeness (QED) is 0.906. The molecular weight excluding hydrogens is 302 g/mol. The first-order valence-corrected chi connectivity index (χ1v) is 8.35. The number of hydrogen-bond donors (Lipinski definition) is 2. The van der Waals surface area contributed by atoms with Gasteiger partial charge in [0.15, 0.2) is 5.82 Å². The molecule has 1 aliphatic rings. The van der Waals surface area contributed by atoms with Gasteiger partial charge in [0.25, 0.3) is 0 Å². The molecule has 1 aromatic heterocycles. The summed E-state index contributed by atoms with van der Waals surface area (Å²) >= 11 is 0. The molecule has 6 heteroatoms. The van der Waals surface area contributed by atoms with Gasteiger partial charge in [0, 0.05) is 44.5 Å². The summed E-state index contributed by atoms with van der Waals surface area (Å²) in [5.74, 6) is 1.00. The van der Waals surface area contributed by atoms with Crippen LogP contribution in [0.4, 0.5) is 10.6 Å². The predicted molar refractivity (Wildman–Crippen MR) is 94.8 cm³/mol. The minimum Gasteiger partial charge on any atom is -0.333 e. The van der Waals surface area contributed by atoms with E-state index in [2.05, 4.69) is 51.8 Å². The summed E-state index contributed by atoms with van der Waals surface area (Å²) in [6.45, 7) is 6.91. The molecule has 128 valence electrons. The van der Waals surface area contributed by atoms with Gasteiger partial charge in [0.2, 0.25) is 0 Å². The molecule has 2 atom stereocenters. The van der Waals surface area contributed by atoms with Crippen LogP contribution in [0.25, 0.3) is 0 Å². The van der Waals surface area contributed by atoms with Crippen molar-refractivity contribution in [1.82, 2.24) is 20.0 Å².